The number of aromatic nitrogens is 21. The van der Waals surface area contributed by atoms with Gasteiger partial charge in [-0.2, -0.15) is 25.5 Å². The van der Waals surface area contributed by atoms with E-state index in [2.05, 4.69) is 187 Å². The number of rotatable bonds is 20. The lowest BCUT2D eigenvalue weighted by Gasteiger charge is -2.32. The van der Waals surface area contributed by atoms with Gasteiger partial charge in [-0.05, 0) is 179 Å². The van der Waals surface area contributed by atoms with Gasteiger partial charge in [-0.15, -0.1) is 0 Å². The number of benzene rings is 10. The molecule has 10 aromatic carbocycles. The Labute approximate surface area is 799 Å². The second-order valence-corrected chi connectivity index (χ2v) is 34.0. The van der Waals surface area contributed by atoms with E-state index in [1.165, 1.54) is 42.4 Å². The number of anilines is 5. The molecule has 5 amide bonds. The van der Waals surface area contributed by atoms with Gasteiger partial charge in [0.15, 0.2) is 29.1 Å². The largest absolute Gasteiger partial charge is 0.497 e. The summed E-state index contributed by atoms with van der Waals surface area (Å²) in [5.41, 5.74) is 17.7. The van der Waals surface area contributed by atoms with Gasteiger partial charge < -0.3 is 66.5 Å². The molecular formula is C102H91F4N29O6. The predicted octanol–water partition coefficient (Wildman–Crippen LogP) is 18.4. The van der Waals surface area contributed by atoms with Crippen LogP contribution in [0.3, 0.4) is 0 Å². The quantitative estimate of drug-likeness (QED) is 0.0315. The maximum absolute atomic E-state index is 14.2. The first kappa shape index (κ1) is 93.2. The normalized spacial score (nSPS) is 12.1. The molecule has 1 aliphatic heterocycles. The third kappa shape index (κ3) is 21.4. The minimum Gasteiger partial charge on any atom is -0.497 e. The second kappa shape index (κ2) is 41.1. The fraction of sp³-hybridized carbons (Fsp3) is 0.137. The maximum Gasteiger partial charge on any atom is 0.261 e. The lowest BCUT2D eigenvalue weighted by Crippen LogP contribution is -2.43. The number of methoxy groups -OCH3 is 1. The first-order valence-electron chi connectivity index (χ1n) is 44.5. The van der Waals surface area contributed by atoms with E-state index in [1.807, 2.05) is 121 Å². The summed E-state index contributed by atoms with van der Waals surface area (Å²) in [4.78, 5) is 111. The Morgan fingerprint density at radius 2 is 0.780 bits per heavy atom. The van der Waals surface area contributed by atoms with Gasteiger partial charge >= 0.3 is 0 Å². The molecule has 0 saturated carbocycles. The molecule has 0 aliphatic carbocycles. The number of hydrogen-bond donors (Lipinski definition) is 16. The zero-order chi connectivity index (χ0) is 98.0. The molecule has 708 valence electrons. The second-order valence-electron chi connectivity index (χ2n) is 34.0. The molecule has 21 aromatic rings. The smallest absolute Gasteiger partial charge is 0.261 e. The first-order chi connectivity index (χ1) is 68.3. The Kier molecular flexibility index (Phi) is 27.2. The number of imidazole rings is 5. The molecule has 22 rings (SSSR count). The van der Waals surface area contributed by atoms with E-state index >= 15 is 0 Å². The highest BCUT2D eigenvalue weighted by molar-refractivity contribution is 6.13. The average molecular weight is 1900 g/mol. The van der Waals surface area contributed by atoms with Gasteiger partial charge in [0.2, 0.25) is 0 Å². The summed E-state index contributed by atoms with van der Waals surface area (Å²) >= 11 is 0. The Bertz CT molecular complexity index is 8020. The number of nitrogens with one attached hydrogen (secondary N) is 16. The number of nitrogens with zero attached hydrogens (tertiary/aromatic N) is 13. The van der Waals surface area contributed by atoms with Crippen LogP contribution in [0.1, 0.15) is 94.8 Å². The molecule has 141 heavy (non-hydrogen) atoms. The number of likely N-dealkylation sites (N-methyl/N-ethyl adjacent to an activating group) is 1. The molecule has 0 atom stereocenters. The predicted molar refractivity (Wildman–Crippen MR) is 531 cm³/mol. The number of H-pyrrole nitrogens is 10. The molecule has 0 bridgehead atoms. The van der Waals surface area contributed by atoms with Gasteiger partial charge in [0.1, 0.15) is 63.1 Å². The van der Waals surface area contributed by atoms with E-state index in [0.29, 0.717) is 120 Å². The third-order valence-electron chi connectivity index (χ3n) is 23.0. The summed E-state index contributed by atoms with van der Waals surface area (Å²) in [6, 6.07) is 63.9. The van der Waals surface area contributed by atoms with E-state index in [-0.39, 0.29) is 34.2 Å². The first-order valence-corrected chi connectivity index (χ1v) is 44.5. The number of hydrogen-bond acceptors (Lipinski definition) is 20. The SMILES string of the molecule is CC(C)(C)NCc1ccc2nc(-c3[nH]ncc3NC(=O)c3c(F)cccc3F)[nH]c2c1.COc1cccc(C(=O)Nc2cn[nH]c2-c2nc3ccccc3[nH]2)c1.Cc1cccc(C(=O)Nc2cn[nH]c2-c2nc3ccccc3[nH]2)c1F.Cc1cccc(F)c1C(=O)Nc1cn[nH]c1-c1nc2ccc(CN3CCN(C)CC3)cc2[nH]1.O=C(Nc1cn[nH]c1-c1nc2ccccc2[nH]1)c1cccc2cccnc12. The van der Waals surface area contributed by atoms with E-state index in [4.69, 9.17) is 4.74 Å². The molecule has 16 N–H and O–H groups in total. The molecular weight excluding hydrogens is 1800 g/mol. The van der Waals surface area contributed by atoms with Crippen LogP contribution in [-0.4, -0.2) is 191 Å². The number of pyridine rings is 1. The number of aromatic amines is 10. The van der Waals surface area contributed by atoms with Crippen LogP contribution in [0.25, 0.3) is 124 Å². The van der Waals surface area contributed by atoms with Gasteiger partial charge in [0, 0.05) is 62.0 Å². The zero-order valence-corrected chi connectivity index (χ0v) is 76.8. The number of piperazine rings is 1. The topological polar surface area (TPSA) is 473 Å². The van der Waals surface area contributed by atoms with Crippen molar-refractivity contribution in [1.82, 2.24) is 121 Å². The van der Waals surface area contributed by atoms with Crippen LogP contribution < -0.4 is 36.6 Å². The van der Waals surface area contributed by atoms with E-state index in [9.17, 15) is 41.5 Å². The van der Waals surface area contributed by atoms with Crippen LogP contribution in [0.5, 0.6) is 5.75 Å². The Hall–Kier alpha value is -18.2. The van der Waals surface area contributed by atoms with Gasteiger partial charge in [-0.3, -0.25) is 59.3 Å². The van der Waals surface area contributed by atoms with Crippen LogP contribution in [0.2, 0.25) is 0 Å². The Morgan fingerprint density at radius 3 is 1.26 bits per heavy atom. The van der Waals surface area contributed by atoms with Crippen molar-refractivity contribution in [2.24, 2.45) is 0 Å². The summed E-state index contributed by atoms with van der Waals surface area (Å²) in [7, 11) is 3.71. The molecule has 0 spiro atoms. The number of fused-ring (bicyclic) bond motifs is 6. The number of aryl methyl sites for hydroxylation is 2. The third-order valence-corrected chi connectivity index (χ3v) is 23.0. The number of halogens is 4. The van der Waals surface area contributed by atoms with Crippen LogP contribution >= 0.6 is 0 Å². The van der Waals surface area contributed by atoms with Crippen LogP contribution in [0.15, 0.2) is 256 Å². The number of ether oxygens (including phenoxy) is 1. The number of para-hydroxylation sites is 7. The summed E-state index contributed by atoms with van der Waals surface area (Å²) in [5.74, 6) is -2.08. The number of carbonyl (C=O) groups is 5. The Morgan fingerprint density at radius 1 is 0.390 bits per heavy atom. The zero-order valence-electron chi connectivity index (χ0n) is 76.8. The van der Waals surface area contributed by atoms with E-state index < -0.39 is 46.6 Å². The molecule has 39 heteroatoms. The van der Waals surface area contributed by atoms with Crippen molar-refractivity contribution in [2.45, 2.75) is 53.2 Å². The Balaban J connectivity index is 0.000000117. The highest BCUT2D eigenvalue weighted by atomic mass is 19.1. The monoisotopic (exact) mass is 1890 g/mol. The summed E-state index contributed by atoms with van der Waals surface area (Å²) in [6.07, 6.45) is 9.12. The number of carbonyl (C=O) groups excluding carboxylic acids is 5. The molecule has 1 fully saturated rings. The van der Waals surface area contributed by atoms with Gasteiger partial charge in [0.05, 0.1) is 144 Å². The minimum atomic E-state index is -0.942. The molecule has 1 aliphatic rings. The summed E-state index contributed by atoms with van der Waals surface area (Å²) < 4.78 is 61.3. The molecule has 12 heterocycles. The fourth-order valence-corrected chi connectivity index (χ4v) is 15.7. The highest BCUT2D eigenvalue weighted by Gasteiger charge is 2.27. The van der Waals surface area contributed by atoms with Crippen molar-refractivity contribution in [1.29, 1.82) is 0 Å². The summed E-state index contributed by atoms with van der Waals surface area (Å²) in [5, 5.41) is 52.3. The van der Waals surface area contributed by atoms with Crippen molar-refractivity contribution in [3.63, 3.8) is 0 Å². The number of amides is 5. The molecule has 0 unspecified atom stereocenters. The van der Waals surface area contributed by atoms with Crippen molar-refractivity contribution in [3.8, 4) is 63.3 Å². The van der Waals surface area contributed by atoms with Gasteiger partial charge in [-0.1, -0.05) is 103 Å². The lowest BCUT2D eigenvalue weighted by molar-refractivity contribution is 0.101. The van der Waals surface area contributed by atoms with Gasteiger partial charge in [-0.25, -0.2) is 42.5 Å². The summed E-state index contributed by atoms with van der Waals surface area (Å²) in [6.45, 7) is 15.5. The lowest BCUT2D eigenvalue weighted by atomic mass is 10.1. The standard InChI is InChI=1S/C24H26FN7O.C22H22F2N6O.C20H14N6O.C18H14FN5O.C18H15N5O2/c1-15-4-3-5-17(25)21(15)24(33)29-20-13-26-30-22(20)23-27-18-7-6-16(12-19(18)28-23)14-32-10-8-31(2)9-11-32;1-22(2,3)25-10-12-7-8-15-16(9-12)28-20(27-15)19-17(11-26-30-19)29-21(31)18-13(23)5-4-6-14(18)24;27-20(13-7-3-5-12-6-4-10-21-17(12)13)25-16-11-22-26-18(16)19-23-14-8-1-2-9-15(14)24-19;1-10-5-4-6-11(15(10)19)18(25)23-14-9-20-24-16(14)17-21-12-7-2-3-8-13(12)22-17;1-25-12-6-4-5-11(9-12)18(24)22-15-10-19-23-16(15)17-20-13-7-2-3-8-14(13)21-17/h3-7,12-13H,8-11,14H2,1-2H3,(H,26,30)(H,27,28)(H,29,33);4-9,11,25H,10H2,1-3H3,(H,26,30)(H,27,28)(H,29,31);1-11H,(H,22,26)(H,23,24)(H,25,27);2-9H,1H3,(H,20,24)(H,21,22)(H,23,25);2-10H,1H3,(H,19,23)(H,20,21)(H,22,24). The van der Waals surface area contributed by atoms with E-state index in [1.54, 1.807) is 94.1 Å². The van der Waals surface area contributed by atoms with Crippen LogP contribution in [0, 0.1) is 37.1 Å². The van der Waals surface area contributed by atoms with Crippen molar-refractivity contribution in [3.05, 3.63) is 329 Å². The van der Waals surface area contributed by atoms with E-state index in [0.717, 1.165) is 111 Å². The average Bonchev–Trinajstić information content (AvgIpc) is 1.53. The fourth-order valence-electron chi connectivity index (χ4n) is 15.7. The van der Waals surface area contributed by atoms with Crippen molar-refractivity contribution >= 4 is 124 Å². The van der Waals surface area contributed by atoms with Crippen molar-refractivity contribution < 1.29 is 46.3 Å². The molecule has 0 radical (unpaired) electrons. The minimum absolute atomic E-state index is 0.00513. The highest BCUT2D eigenvalue weighted by Crippen LogP contribution is 2.35. The van der Waals surface area contributed by atoms with Crippen LogP contribution in [-0.2, 0) is 13.1 Å². The molecule has 35 nitrogen and oxygen atoms in total. The van der Waals surface area contributed by atoms with Gasteiger partial charge in [0.25, 0.3) is 29.5 Å². The molecule has 1 saturated heterocycles. The van der Waals surface area contributed by atoms with Crippen molar-refractivity contribution in [2.75, 3.05) is 66.9 Å². The van der Waals surface area contributed by atoms with Crippen LogP contribution in [0.4, 0.5) is 46.0 Å². The molecule has 11 aromatic heterocycles. The maximum atomic E-state index is 14.2.